The average Bonchev–Trinajstić information content (AvgIpc) is 3.31. The Morgan fingerprint density at radius 2 is 1.67 bits per heavy atom. The molecule has 1 aromatic heterocycles. The molecule has 0 bridgehead atoms. The molecule has 0 spiro atoms. The molecule has 0 aliphatic heterocycles. The van der Waals surface area contributed by atoms with Crippen molar-refractivity contribution in [3.63, 3.8) is 0 Å². The summed E-state index contributed by atoms with van der Waals surface area (Å²) >= 11 is 1.91. The summed E-state index contributed by atoms with van der Waals surface area (Å²) in [5.74, 6) is 2.53. The van der Waals surface area contributed by atoms with E-state index in [-0.39, 0.29) is 5.92 Å². The second-order valence-electron chi connectivity index (χ2n) is 9.93. The lowest BCUT2D eigenvalue weighted by atomic mass is 9.73. The zero-order valence-electron chi connectivity index (χ0n) is 20.0. The van der Waals surface area contributed by atoms with E-state index in [4.69, 9.17) is 4.42 Å². The van der Waals surface area contributed by atoms with Crippen LogP contribution in [0.25, 0.3) is 0 Å². The van der Waals surface area contributed by atoms with Crippen molar-refractivity contribution < 1.29 is 14.0 Å². The van der Waals surface area contributed by atoms with Crippen molar-refractivity contribution in [3.05, 3.63) is 84.1 Å². The molecule has 33 heavy (non-hydrogen) atoms. The van der Waals surface area contributed by atoms with Crippen molar-refractivity contribution in [2.45, 2.75) is 55.6 Å². The number of quaternary nitrogens is 1. The van der Waals surface area contributed by atoms with Crippen LogP contribution in [0.1, 0.15) is 55.7 Å². The third kappa shape index (κ3) is 6.08. The summed E-state index contributed by atoms with van der Waals surface area (Å²) in [5, 5.41) is 12.0. The van der Waals surface area contributed by atoms with E-state index in [1.807, 2.05) is 48.3 Å². The van der Waals surface area contributed by atoms with Crippen molar-refractivity contribution >= 4 is 11.8 Å². The third-order valence-corrected chi connectivity index (χ3v) is 7.89. The highest BCUT2D eigenvalue weighted by molar-refractivity contribution is 7.99. The molecule has 0 radical (unpaired) electrons. The first-order valence-electron chi connectivity index (χ1n) is 12.2. The second-order valence-corrected chi connectivity index (χ2v) is 11.1. The van der Waals surface area contributed by atoms with Crippen LogP contribution in [0.5, 0.6) is 0 Å². The summed E-state index contributed by atoms with van der Waals surface area (Å²) in [6.07, 6.45) is 8.50. The number of aromatic nitrogens is 1. The van der Waals surface area contributed by atoms with Gasteiger partial charge in [-0.3, -0.25) is 0 Å². The van der Waals surface area contributed by atoms with Crippen LogP contribution in [0.2, 0.25) is 0 Å². The van der Waals surface area contributed by atoms with Gasteiger partial charge in [-0.2, -0.15) is 0 Å². The van der Waals surface area contributed by atoms with E-state index in [2.05, 4.69) is 49.4 Å². The molecule has 0 saturated heterocycles. The molecular formula is C28H37N2O2S+. The van der Waals surface area contributed by atoms with Crippen molar-refractivity contribution in [2.75, 3.05) is 26.4 Å². The number of rotatable bonds is 10. The van der Waals surface area contributed by atoms with E-state index in [0.717, 1.165) is 66.8 Å². The Hall–Kier alpha value is -2.08. The first-order chi connectivity index (χ1) is 16.0. The van der Waals surface area contributed by atoms with E-state index in [1.165, 1.54) is 11.3 Å². The summed E-state index contributed by atoms with van der Waals surface area (Å²) in [4.78, 5) is 5.95. The zero-order valence-corrected chi connectivity index (χ0v) is 20.8. The molecular weight excluding hydrogens is 428 g/mol. The minimum atomic E-state index is -1.16. The highest BCUT2D eigenvalue weighted by atomic mass is 32.2. The fourth-order valence-electron chi connectivity index (χ4n) is 5.00. The summed E-state index contributed by atoms with van der Waals surface area (Å²) in [6, 6.07) is 20.5. The van der Waals surface area contributed by atoms with Crippen LogP contribution in [0.4, 0.5) is 0 Å². The normalized spacial score (nSPS) is 17.1. The van der Waals surface area contributed by atoms with E-state index in [1.54, 1.807) is 0 Å². The minimum absolute atomic E-state index is 0.137. The Morgan fingerprint density at radius 1 is 1.00 bits per heavy atom. The van der Waals surface area contributed by atoms with Crippen molar-refractivity contribution in [3.8, 4) is 0 Å². The molecule has 4 rings (SSSR count). The van der Waals surface area contributed by atoms with Gasteiger partial charge in [0, 0.05) is 23.0 Å². The van der Waals surface area contributed by atoms with Gasteiger partial charge in [-0.1, -0.05) is 67.8 Å². The molecule has 0 amide bonds. The SMILES string of the molecule is C[N+](C)(CCCSc1ccccc1)Cc1cnc([C@](O)(c2ccccc2)C2CCCCC2)o1. The Labute approximate surface area is 202 Å². The van der Waals surface area contributed by atoms with Crippen LogP contribution in [-0.4, -0.2) is 41.0 Å². The molecule has 5 heteroatoms. The van der Waals surface area contributed by atoms with Gasteiger partial charge in [0.2, 0.25) is 5.89 Å². The quantitative estimate of drug-likeness (QED) is 0.218. The number of hydrogen-bond acceptors (Lipinski definition) is 4. The molecule has 4 nitrogen and oxygen atoms in total. The first kappa shape index (κ1) is 24.1. The molecule has 1 fully saturated rings. The number of hydrogen-bond donors (Lipinski definition) is 1. The number of aliphatic hydroxyl groups is 1. The summed E-state index contributed by atoms with van der Waals surface area (Å²) in [6.45, 7) is 1.82. The minimum Gasteiger partial charge on any atom is -0.436 e. The Kier molecular flexibility index (Phi) is 7.94. The van der Waals surface area contributed by atoms with Crippen LogP contribution in [-0.2, 0) is 12.1 Å². The standard InChI is InChI=1S/C28H37N2O2S/c1-30(2,19-12-20-33-26-17-10-5-11-18-26)22-25-21-29-27(32-25)28(31,23-13-6-3-7-14-23)24-15-8-4-9-16-24/h3,5-7,10-11,13-14,17-18,21,24,31H,4,8-9,12,15-16,19-20,22H2,1-2H3/q+1/t28-/m0/s1. The lowest BCUT2D eigenvalue weighted by Crippen LogP contribution is -2.40. The summed E-state index contributed by atoms with van der Waals surface area (Å²) in [5.41, 5.74) is -0.277. The molecule has 1 N–H and O–H groups in total. The van der Waals surface area contributed by atoms with Gasteiger partial charge in [0.15, 0.2) is 11.4 Å². The van der Waals surface area contributed by atoms with Gasteiger partial charge < -0.3 is 14.0 Å². The zero-order chi connectivity index (χ0) is 23.2. The van der Waals surface area contributed by atoms with Gasteiger partial charge >= 0.3 is 0 Å². The predicted molar refractivity (Wildman–Crippen MR) is 135 cm³/mol. The summed E-state index contributed by atoms with van der Waals surface area (Å²) < 4.78 is 7.12. The van der Waals surface area contributed by atoms with Gasteiger partial charge in [0.25, 0.3) is 0 Å². The Balaban J connectivity index is 1.42. The molecule has 2 aromatic carbocycles. The molecule has 1 saturated carbocycles. The number of thioether (sulfide) groups is 1. The molecule has 3 aromatic rings. The maximum absolute atomic E-state index is 12.0. The second kappa shape index (κ2) is 10.9. The lowest BCUT2D eigenvalue weighted by Gasteiger charge is -2.36. The van der Waals surface area contributed by atoms with Gasteiger partial charge in [-0.05, 0) is 30.5 Å². The number of nitrogens with zero attached hydrogens (tertiary/aromatic N) is 2. The van der Waals surface area contributed by atoms with E-state index in [9.17, 15) is 5.11 Å². The number of oxazole rings is 1. The maximum atomic E-state index is 12.0. The molecule has 1 heterocycles. The van der Waals surface area contributed by atoms with E-state index in [0.29, 0.717) is 5.89 Å². The van der Waals surface area contributed by atoms with Gasteiger partial charge in [-0.15, -0.1) is 11.8 Å². The Morgan fingerprint density at radius 3 is 2.36 bits per heavy atom. The van der Waals surface area contributed by atoms with Gasteiger partial charge in [0.1, 0.15) is 6.54 Å². The average molecular weight is 466 g/mol. The van der Waals surface area contributed by atoms with Crippen molar-refractivity contribution in [1.82, 2.24) is 4.98 Å². The van der Waals surface area contributed by atoms with Gasteiger partial charge in [-0.25, -0.2) is 4.98 Å². The van der Waals surface area contributed by atoms with Crippen LogP contribution < -0.4 is 0 Å². The fraction of sp³-hybridized carbons (Fsp3) is 0.464. The van der Waals surface area contributed by atoms with E-state index < -0.39 is 5.60 Å². The molecule has 1 aliphatic rings. The molecule has 1 atom stereocenters. The first-order valence-corrected chi connectivity index (χ1v) is 13.2. The van der Waals surface area contributed by atoms with Crippen LogP contribution >= 0.6 is 11.8 Å². The largest absolute Gasteiger partial charge is 0.436 e. The molecule has 176 valence electrons. The maximum Gasteiger partial charge on any atom is 0.231 e. The van der Waals surface area contributed by atoms with Crippen molar-refractivity contribution in [1.29, 1.82) is 0 Å². The monoisotopic (exact) mass is 465 g/mol. The Bertz CT molecular complexity index is 983. The predicted octanol–water partition coefficient (Wildman–Crippen LogP) is 6.25. The summed E-state index contributed by atoms with van der Waals surface area (Å²) in [7, 11) is 4.47. The van der Waals surface area contributed by atoms with Crippen LogP contribution in [0, 0.1) is 5.92 Å². The number of benzene rings is 2. The van der Waals surface area contributed by atoms with Gasteiger partial charge in [0.05, 0.1) is 26.8 Å². The highest BCUT2D eigenvalue weighted by Crippen LogP contribution is 2.43. The van der Waals surface area contributed by atoms with E-state index >= 15 is 0 Å². The lowest BCUT2D eigenvalue weighted by molar-refractivity contribution is -0.904. The van der Waals surface area contributed by atoms with Crippen LogP contribution in [0.15, 0.2) is 76.2 Å². The molecule has 1 aliphatic carbocycles. The van der Waals surface area contributed by atoms with Crippen LogP contribution in [0.3, 0.4) is 0 Å². The highest BCUT2D eigenvalue weighted by Gasteiger charge is 2.44. The smallest absolute Gasteiger partial charge is 0.231 e. The third-order valence-electron chi connectivity index (χ3n) is 6.79. The topological polar surface area (TPSA) is 46.3 Å². The van der Waals surface area contributed by atoms with Crippen molar-refractivity contribution in [2.24, 2.45) is 5.92 Å². The fourth-order valence-corrected chi connectivity index (χ4v) is 5.86. The molecule has 0 unspecified atom stereocenters.